The molecule has 4 heteroatoms. The van der Waals surface area contributed by atoms with E-state index in [1.807, 2.05) is 0 Å². The number of nitrogens with one attached hydrogen (secondary N) is 1. The predicted molar refractivity (Wildman–Crippen MR) is 71.6 cm³/mol. The van der Waals surface area contributed by atoms with Crippen LogP contribution in [0.3, 0.4) is 0 Å². The first-order valence-electron chi connectivity index (χ1n) is 6.71. The average molecular weight is 236 g/mol. The van der Waals surface area contributed by atoms with E-state index in [4.69, 9.17) is 4.98 Å². The summed E-state index contributed by atoms with van der Waals surface area (Å²) in [4.78, 5) is 7.16. The van der Waals surface area contributed by atoms with Gasteiger partial charge in [0.05, 0.1) is 5.69 Å². The van der Waals surface area contributed by atoms with Crippen molar-refractivity contribution in [2.75, 3.05) is 18.0 Å². The first kappa shape index (κ1) is 12.4. The summed E-state index contributed by atoms with van der Waals surface area (Å²) in [6.07, 6.45) is 3.20. The molecule has 0 radical (unpaired) electrons. The Labute approximate surface area is 104 Å². The van der Waals surface area contributed by atoms with Crippen LogP contribution in [0.25, 0.3) is 0 Å². The van der Waals surface area contributed by atoms with E-state index in [2.05, 4.69) is 48.7 Å². The molecule has 17 heavy (non-hydrogen) atoms. The van der Waals surface area contributed by atoms with Crippen molar-refractivity contribution in [1.29, 1.82) is 0 Å². The number of imidazole rings is 1. The van der Waals surface area contributed by atoms with Gasteiger partial charge in [-0.05, 0) is 27.2 Å². The Morgan fingerprint density at radius 1 is 1.29 bits per heavy atom. The normalized spacial score (nSPS) is 25.3. The highest BCUT2D eigenvalue weighted by atomic mass is 15.3. The van der Waals surface area contributed by atoms with E-state index < -0.39 is 0 Å². The van der Waals surface area contributed by atoms with Crippen molar-refractivity contribution in [1.82, 2.24) is 14.9 Å². The molecule has 1 aliphatic heterocycles. The van der Waals surface area contributed by atoms with Gasteiger partial charge < -0.3 is 14.8 Å². The monoisotopic (exact) mass is 236 g/mol. The molecule has 1 N–H and O–H groups in total. The van der Waals surface area contributed by atoms with Gasteiger partial charge in [0.2, 0.25) is 5.95 Å². The smallest absolute Gasteiger partial charge is 0.205 e. The highest BCUT2D eigenvalue weighted by Crippen LogP contribution is 2.18. The quantitative estimate of drug-likeness (QED) is 0.866. The summed E-state index contributed by atoms with van der Waals surface area (Å²) >= 11 is 0. The largest absolute Gasteiger partial charge is 0.339 e. The molecule has 2 rings (SSSR count). The van der Waals surface area contributed by atoms with Crippen molar-refractivity contribution in [3.8, 4) is 0 Å². The Kier molecular flexibility index (Phi) is 3.72. The number of anilines is 1. The van der Waals surface area contributed by atoms with Crippen molar-refractivity contribution in [3.63, 3.8) is 0 Å². The van der Waals surface area contributed by atoms with E-state index >= 15 is 0 Å². The Balaban J connectivity index is 2.22. The summed E-state index contributed by atoms with van der Waals surface area (Å²) in [5.41, 5.74) is 1.20. The van der Waals surface area contributed by atoms with Crippen molar-refractivity contribution in [3.05, 3.63) is 11.9 Å². The topological polar surface area (TPSA) is 33.1 Å². The van der Waals surface area contributed by atoms with Crippen LogP contribution in [0.1, 0.15) is 33.4 Å². The summed E-state index contributed by atoms with van der Waals surface area (Å²) < 4.78 is 2.27. The number of hydrogen-bond donors (Lipinski definition) is 1. The molecule has 4 nitrogen and oxygen atoms in total. The average Bonchev–Trinajstić information content (AvgIpc) is 2.70. The highest BCUT2D eigenvalue weighted by Gasteiger charge is 2.24. The molecule has 1 aromatic heterocycles. The minimum absolute atomic E-state index is 0.533. The van der Waals surface area contributed by atoms with Gasteiger partial charge in [0.25, 0.3) is 0 Å². The van der Waals surface area contributed by atoms with Crippen LogP contribution in [0, 0.1) is 0 Å². The van der Waals surface area contributed by atoms with Gasteiger partial charge >= 0.3 is 0 Å². The third-order valence-corrected chi connectivity index (χ3v) is 3.35. The van der Waals surface area contributed by atoms with Crippen LogP contribution in [-0.4, -0.2) is 34.7 Å². The van der Waals surface area contributed by atoms with Gasteiger partial charge in [-0.15, -0.1) is 0 Å². The summed E-state index contributed by atoms with van der Waals surface area (Å²) in [5, 5.41) is 3.56. The lowest BCUT2D eigenvalue weighted by Crippen LogP contribution is -2.55. The SMILES string of the molecule is CCc1cn(CC)c(N2CC(C)NC(C)C2)n1. The van der Waals surface area contributed by atoms with E-state index in [9.17, 15) is 0 Å². The molecule has 0 amide bonds. The van der Waals surface area contributed by atoms with Crippen LogP contribution in [0.5, 0.6) is 0 Å². The number of rotatable bonds is 3. The second-order valence-corrected chi connectivity index (χ2v) is 5.05. The van der Waals surface area contributed by atoms with Crippen molar-refractivity contribution in [2.45, 2.75) is 52.7 Å². The van der Waals surface area contributed by atoms with Crippen LogP contribution in [0.4, 0.5) is 5.95 Å². The van der Waals surface area contributed by atoms with Crippen molar-refractivity contribution < 1.29 is 0 Å². The van der Waals surface area contributed by atoms with Crippen LogP contribution < -0.4 is 10.2 Å². The number of aromatic nitrogens is 2. The Hall–Kier alpha value is -1.03. The van der Waals surface area contributed by atoms with Crippen molar-refractivity contribution >= 4 is 5.95 Å². The summed E-state index contributed by atoms with van der Waals surface area (Å²) in [7, 11) is 0. The fourth-order valence-electron chi connectivity index (χ4n) is 2.60. The standard InChI is InChI=1S/C13H24N4/c1-5-12-9-16(6-2)13(15-12)17-7-10(3)14-11(4)8-17/h9-11,14H,5-8H2,1-4H3. The van der Waals surface area contributed by atoms with E-state index in [0.717, 1.165) is 32.0 Å². The summed E-state index contributed by atoms with van der Waals surface area (Å²) in [6.45, 7) is 11.9. The van der Waals surface area contributed by atoms with Gasteiger partial charge in [0.15, 0.2) is 0 Å². The maximum Gasteiger partial charge on any atom is 0.205 e. The first-order valence-corrected chi connectivity index (χ1v) is 6.71. The third-order valence-electron chi connectivity index (χ3n) is 3.35. The van der Waals surface area contributed by atoms with Gasteiger partial charge in [-0.25, -0.2) is 4.98 Å². The molecule has 0 aliphatic carbocycles. The number of aryl methyl sites for hydroxylation is 2. The third kappa shape index (κ3) is 2.63. The molecule has 0 aromatic carbocycles. The molecule has 2 unspecified atom stereocenters. The maximum atomic E-state index is 4.75. The molecule has 1 aliphatic rings. The zero-order valence-electron chi connectivity index (χ0n) is 11.4. The minimum Gasteiger partial charge on any atom is -0.339 e. The van der Waals surface area contributed by atoms with E-state index in [-0.39, 0.29) is 0 Å². The lowest BCUT2D eigenvalue weighted by atomic mass is 10.1. The molecular weight excluding hydrogens is 212 g/mol. The lowest BCUT2D eigenvalue weighted by Gasteiger charge is -2.36. The van der Waals surface area contributed by atoms with E-state index in [1.54, 1.807) is 0 Å². The van der Waals surface area contributed by atoms with Crippen LogP contribution in [0.2, 0.25) is 0 Å². The van der Waals surface area contributed by atoms with Gasteiger partial charge in [-0.1, -0.05) is 6.92 Å². The van der Waals surface area contributed by atoms with Crippen LogP contribution in [-0.2, 0) is 13.0 Å². The maximum absolute atomic E-state index is 4.75. The fraction of sp³-hybridized carbons (Fsp3) is 0.769. The Bertz CT molecular complexity index is 361. The Morgan fingerprint density at radius 2 is 1.94 bits per heavy atom. The van der Waals surface area contributed by atoms with Gasteiger partial charge in [-0.2, -0.15) is 0 Å². The van der Waals surface area contributed by atoms with E-state index in [0.29, 0.717) is 12.1 Å². The Morgan fingerprint density at radius 3 is 2.47 bits per heavy atom. The lowest BCUT2D eigenvalue weighted by molar-refractivity contribution is 0.400. The molecule has 1 aromatic rings. The second kappa shape index (κ2) is 5.08. The number of piperazine rings is 1. The highest BCUT2D eigenvalue weighted by molar-refractivity contribution is 5.35. The predicted octanol–water partition coefficient (Wildman–Crippen LogP) is 1.65. The molecule has 2 heterocycles. The van der Waals surface area contributed by atoms with Gasteiger partial charge in [0.1, 0.15) is 0 Å². The molecule has 1 saturated heterocycles. The fourth-order valence-corrected chi connectivity index (χ4v) is 2.60. The van der Waals surface area contributed by atoms with Crippen LogP contribution >= 0.6 is 0 Å². The summed E-state index contributed by atoms with van der Waals surface area (Å²) in [6, 6.07) is 1.07. The van der Waals surface area contributed by atoms with Crippen molar-refractivity contribution in [2.24, 2.45) is 0 Å². The molecule has 0 spiro atoms. The van der Waals surface area contributed by atoms with Crippen LogP contribution in [0.15, 0.2) is 6.20 Å². The van der Waals surface area contributed by atoms with E-state index in [1.165, 1.54) is 5.69 Å². The second-order valence-electron chi connectivity index (χ2n) is 5.05. The first-order chi connectivity index (χ1) is 8.13. The zero-order chi connectivity index (χ0) is 12.4. The molecule has 2 atom stereocenters. The molecule has 1 fully saturated rings. The number of nitrogens with zero attached hydrogens (tertiary/aromatic N) is 3. The molecular formula is C13H24N4. The number of hydrogen-bond acceptors (Lipinski definition) is 3. The van der Waals surface area contributed by atoms with Gasteiger partial charge in [0, 0.05) is 37.9 Å². The zero-order valence-corrected chi connectivity index (χ0v) is 11.4. The van der Waals surface area contributed by atoms with Gasteiger partial charge in [-0.3, -0.25) is 0 Å². The summed E-state index contributed by atoms with van der Waals surface area (Å²) in [5.74, 6) is 1.14. The minimum atomic E-state index is 0.533. The molecule has 96 valence electrons. The molecule has 0 saturated carbocycles. The molecule has 0 bridgehead atoms.